The van der Waals surface area contributed by atoms with Gasteiger partial charge in [-0.1, -0.05) is 41.5 Å². The van der Waals surface area contributed by atoms with Crippen LogP contribution in [-0.2, 0) is 10.2 Å². The van der Waals surface area contributed by atoms with E-state index in [1.54, 1.807) is 0 Å². The van der Waals surface area contributed by atoms with Gasteiger partial charge in [-0.25, -0.2) is 4.79 Å². The Hall–Kier alpha value is -2.37. The molecule has 2 aromatic rings. The minimum atomic E-state index is -0.155. The maximum Gasteiger partial charge on any atom is 0.319 e. The van der Waals surface area contributed by atoms with E-state index in [9.17, 15) is 4.79 Å². The van der Waals surface area contributed by atoms with Crippen molar-refractivity contribution < 1.29 is 9.53 Å². The van der Waals surface area contributed by atoms with E-state index in [2.05, 4.69) is 61.4 Å². The highest BCUT2D eigenvalue weighted by molar-refractivity contribution is 5.89. The fraction of sp³-hybridized carbons (Fsp3) is 0.567. The fourth-order valence-electron chi connectivity index (χ4n) is 5.88. The number of nitrogens with one attached hydrogen (secondary N) is 2. The van der Waals surface area contributed by atoms with E-state index in [0.29, 0.717) is 19.2 Å². The number of hydrogen-bond donors (Lipinski definition) is 2. The monoisotopic (exact) mass is 477 g/mol. The third-order valence-corrected chi connectivity index (χ3v) is 8.04. The summed E-state index contributed by atoms with van der Waals surface area (Å²) in [7, 11) is 0. The number of benzene rings is 2. The Morgan fingerprint density at radius 1 is 1.09 bits per heavy atom. The topological polar surface area (TPSA) is 53.6 Å². The van der Waals surface area contributed by atoms with Gasteiger partial charge in [0.05, 0.1) is 6.10 Å². The summed E-state index contributed by atoms with van der Waals surface area (Å²) < 4.78 is 6.59. The van der Waals surface area contributed by atoms with Crippen molar-refractivity contribution in [1.82, 2.24) is 10.2 Å². The van der Waals surface area contributed by atoms with E-state index in [4.69, 9.17) is 4.74 Å². The lowest BCUT2D eigenvalue weighted by Gasteiger charge is -2.52. The van der Waals surface area contributed by atoms with Crippen molar-refractivity contribution >= 4 is 11.7 Å². The number of carbonyl (C=O) groups is 1. The van der Waals surface area contributed by atoms with Gasteiger partial charge in [0.2, 0.25) is 0 Å². The first kappa shape index (κ1) is 25.7. The van der Waals surface area contributed by atoms with E-state index in [0.717, 1.165) is 31.0 Å². The largest absolute Gasteiger partial charge is 0.376 e. The molecule has 3 unspecified atom stereocenters. The normalized spacial score (nSPS) is 24.8. The second-order valence-corrected chi connectivity index (χ2v) is 10.8. The summed E-state index contributed by atoms with van der Waals surface area (Å²) in [5.74, 6) is 0.861. The molecule has 1 aliphatic heterocycles. The zero-order valence-corrected chi connectivity index (χ0v) is 22.2. The summed E-state index contributed by atoms with van der Waals surface area (Å²) in [6.45, 7) is 14.4. The summed E-state index contributed by atoms with van der Waals surface area (Å²) in [5, 5.41) is 6.10. The molecule has 5 nitrogen and oxygen atoms in total. The molecule has 2 aliphatic rings. The van der Waals surface area contributed by atoms with Crippen LogP contribution >= 0.6 is 0 Å². The molecule has 1 saturated heterocycles. The molecule has 0 bridgehead atoms. The van der Waals surface area contributed by atoms with Gasteiger partial charge < -0.3 is 15.4 Å². The molecule has 4 rings (SSSR count). The van der Waals surface area contributed by atoms with Crippen molar-refractivity contribution in [3.63, 3.8) is 0 Å². The number of anilines is 1. The van der Waals surface area contributed by atoms with Gasteiger partial charge in [0, 0.05) is 36.8 Å². The molecule has 2 aromatic carbocycles. The van der Waals surface area contributed by atoms with Gasteiger partial charge >= 0.3 is 6.03 Å². The van der Waals surface area contributed by atoms with E-state index < -0.39 is 0 Å². The second kappa shape index (κ2) is 11.1. The van der Waals surface area contributed by atoms with Crippen LogP contribution in [0.25, 0.3) is 0 Å². The number of ether oxygens (including phenoxy) is 1. The van der Waals surface area contributed by atoms with Crippen LogP contribution in [0, 0.1) is 26.7 Å². The summed E-state index contributed by atoms with van der Waals surface area (Å²) in [5.41, 5.74) is 5.82. The number of urea groups is 1. The summed E-state index contributed by atoms with van der Waals surface area (Å²) in [4.78, 5) is 15.3. The predicted molar refractivity (Wildman–Crippen MR) is 144 cm³/mol. The molecular weight excluding hydrogens is 434 g/mol. The molecule has 2 fully saturated rings. The summed E-state index contributed by atoms with van der Waals surface area (Å²) in [6, 6.07) is 14.9. The van der Waals surface area contributed by atoms with Gasteiger partial charge in [0.15, 0.2) is 0 Å². The SMILES string of the molecule is CCOC1C(C)N(CC2CC2)CCC1(CCNC(=O)Nc1ccc(C)cc1)c1cc(C)ccc1C. The number of rotatable bonds is 9. The van der Waals surface area contributed by atoms with Gasteiger partial charge in [-0.05, 0) is 96.0 Å². The second-order valence-electron chi connectivity index (χ2n) is 10.8. The predicted octanol–water partition coefficient (Wildman–Crippen LogP) is 5.97. The van der Waals surface area contributed by atoms with Crippen molar-refractivity contribution in [2.75, 3.05) is 31.6 Å². The summed E-state index contributed by atoms with van der Waals surface area (Å²) >= 11 is 0. The minimum absolute atomic E-state index is 0.0856. The quantitative estimate of drug-likeness (QED) is 0.468. The number of nitrogens with zero attached hydrogens (tertiary/aromatic N) is 1. The highest BCUT2D eigenvalue weighted by Gasteiger charge is 2.49. The third kappa shape index (κ3) is 6.07. The number of likely N-dealkylation sites (tertiary alicyclic amines) is 1. The Bertz CT molecular complexity index is 1000. The molecule has 1 aliphatic carbocycles. The highest BCUT2D eigenvalue weighted by Crippen LogP contribution is 2.45. The van der Waals surface area contributed by atoms with Crippen LogP contribution in [0.3, 0.4) is 0 Å². The van der Waals surface area contributed by atoms with Crippen molar-refractivity contribution in [1.29, 1.82) is 0 Å². The Balaban J connectivity index is 1.55. The van der Waals surface area contributed by atoms with Gasteiger partial charge in [-0.2, -0.15) is 0 Å². The lowest BCUT2D eigenvalue weighted by atomic mass is 9.64. The first-order chi connectivity index (χ1) is 16.8. The van der Waals surface area contributed by atoms with E-state index in [1.165, 1.54) is 41.6 Å². The van der Waals surface area contributed by atoms with Crippen LogP contribution in [0.1, 0.15) is 61.8 Å². The number of amides is 2. The highest BCUT2D eigenvalue weighted by atomic mass is 16.5. The van der Waals surface area contributed by atoms with Crippen LogP contribution < -0.4 is 10.6 Å². The average Bonchev–Trinajstić information content (AvgIpc) is 3.65. The molecule has 1 saturated carbocycles. The lowest BCUT2D eigenvalue weighted by Crippen LogP contribution is -2.61. The molecule has 1 heterocycles. The summed E-state index contributed by atoms with van der Waals surface area (Å²) in [6.07, 6.45) is 4.71. The van der Waals surface area contributed by atoms with Crippen molar-refractivity contribution in [3.05, 3.63) is 64.7 Å². The molecule has 2 N–H and O–H groups in total. The average molecular weight is 478 g/mol. The molecule has 0 spiro atoms. The van der Waals surface area contributed by atoms with Gasteiger partial charge in [0.1, 0.15) is 0 Å². The zero-order valence-electron chi connectivity index (χ0n) is 22.2. The Labute approximate surface area is 211 Å². The van der Waals surface area contributed by atoms with Crippen LogP contribution in [-0.4, -0.2) is 49.3 Å². The van der Waals surface area contributed by atoms with E-state index in [-0.39, 0.29) is 17.6 Å². The smallest absolute Gasteiger partial charge is 0.319 e. The standard InChI is InChI=1S/C30H43N3O2/c1-6-35-28-24(5)33(20-25-11-12-25)18-16-30(28,27-19-22(3)7-10-23(27)4)15-17-31-29(34)32-26-13-8-21(2)9-14-26/h7-10,13-14,19,24-25,28H,6,11-12,15-18,20H2,1-5H3,(H2,31,32,34). The maximum absolute atomic E-state index is 12.7. The first-order valence-electron chi connectivity index (χ1n) is 13.4. The molecule has 5 heteroatoms. The Morgan fingerprint density at radius 3 is 2.49 bits per heavy atom. The molecule has 3 atom stereocenters. The zero-order chi connectivity index (χ0) is 25.0. The molecule has 0 aromatic heterocycles. The molecular formula is C30H43N3O2. The van der Waals surface area contributed by atoms with Gasteiger partial charge in [-0.15, -0.1) is 0 Å². The first-order valence-corrected chi connectivity index (χ1v) is 13.4. The lowest BCUT2D eigenvalue weighted by molar-refractivity contribution is -0.0870. The van der Waals surface area contributed by atoms with Crippen LogP contribution in [0.15, 0.2) is 42.5 Å². The van der Waals surface area contributed by atoms with Crippen molar-refractivity contribution in [2.45, 2.75) is 77.9 Å². The number of carbonyl (C=O) groups excluding carboxylic acids is 1. The fourth-order valence-corrected chi connectivity index (χ4v) is 5.88. The number of piperidine rings is 1. The maximum atomic E-state index is 12.7. The molecule has 35 heavy (non-hydrogen) atoms. The third-order valence-electron chi connectivity index (χ3n) is 8.04. The van der Waals surface area contributed by atoms with Crippen molar-refractivity contribution in [3.8, 4) is 0 Å². The van der Waals surface area contributed by atoms with Crippen LogP contribution in [0.5, 0.6) is 0 Å². The van der Waals surface area contributed by atoms with Crippen LogP contribution in [0.2, 0.25) is 0 Å². The number of aryl methyl sites for hydroxylation is 3. The van der Waals surface area contributed by atoms with E-state index in [1.807, 2.05) is 31.2 Å². The Kier molecular flexibility index (Phi) is 8.18. The van der Waals surface area contributed by atoms with Gasteiger partial charge in [0.25, 0.3) is 0 Å². The number of hydrogen-bond acceptors (Lipinski definition) is 3. The van der Waals surface area contributed by atoms with E-state index >= 15 is 0 Å². The molecule has 2 amide bonds. The minimum Gasteiger partial charge on any atom is -0.376 e. The van der Waals surface area contributed by atoms with Crippen molar-refractivity contribution in [2.24, 2.45) is 5.92 Å². The Morgan fingerprint density at radius 2 is 1.80 bits per heavy atom. The molecule has 190 valence electrons. The van der Waals surface area contributed by atoms with Crippen LogP contribution in [0.4, 0.5) is 10.5 Å². The molecule has 0 radical (unpaired) electrons. The van der Waals surface area contributed by atoms with Gasteiger partial charge in [-0.3, -0.25) is 4.90 Å².